The lowest BCUT2D eigenvalue weighted by molar-refractivity contribution is -0.547. The fourth-order valence-electron chi connectivity index (χ4n) is 2.43. The Bertz CT molecular complexity index is 720. The van der Waals surface area contributed by atoms with Gasteiger partial charge in [-0.05, 0) is 24.3 Å². The number of rotatable bonds is 3. The summed E-state index contributed by atoms with van der Waals surface area (Å²) in [5, 5.41) is 1.24. The third-order valence-corrected chi connectivity index (χ3v) is 3.37. The highest BCUT2D eigenvalue weighted by Crippen LogP contribution is 2.13. The number of pyridine rings is 1. The predicted octanol–water partition coefficient (Wildman–Crippen LogP) is 0.823. The van der Waals surface area contributed by atoms with Crippen LogP contribution < -0.4 is 17.0 Å². The van der Waals surface area contributed by atoms with Gasteiger partial charge in [0.25, 0.3) is 0 Å². The number of hydrogen-bond donors (Lipinski definition) is 0. The first-order valence-electron chi connectivity index (χ1n) is 6.47. The maximum atomic E-state index is 3.95. The first-order valence-corrected chi connectivity index (χ1v) is 6.47. The van der Waals surface area contributed by atoms with Crippen molar-refractivity contribution in [1.29, 1.82) is 0 Å². The van der Waals surface area contributed by atoms with Gasteiger partial charge in [-0.25, -0.2) is 0 Å². The molecule has 0 N–H and O–H groups in total. The van der Waals surface area contributed by atoms with Crippen LogP contribution in [-0.2, 0) is 6.42 Å². The Labute approximate surface area is 125 Å². The van der Waals surface area contributed by atoms with E-state index in [9.17, 15) is 0 Å². The van der Waals surface area contributed by atoms with Crippen molar-refractivity contribution < 1.29 is 17.0 Å². The van der Waals surface area contributed by atoms with Gasteiger partial charge >= 0.3 is 0 Å². The lowest BCUT2D eigenvalue weighted by atomic mass is 10.1. The van der Waals surface area contributed by atoms with Gasteiger partial charge < -0.3 is 12.4 Å². The summed E-state index contributed by atoms with van der Waals surface area (Å²) in [5.41, 5.74) is 3.76. The Morgan fingerprint density at radius 1 is 0.850 bits per heavy atom. The summed E-state index contributed by atoms with van der Waals surface area (Å²) in [7, 11) is 0. The van der Waals surface area contributed by atoms with E-state index in [0.29, 0.717) is 0 Å². The van der Waals surface area contributed by atoms with E-state index in [0.717, 1.165) is 6.42 Å². The fraction of sp³-hybridized carbons (Fsp3) is 0.0556. The topological polar surface area (TPSA) is 3.88 Å². The maximum Gasteiger partial charge on any atom is 0.218 e. The zero-order valence-electron chi connectivity index (χ0n) is 11.2. The molecule has 20 heavy (non-hydrogen) atoms. The molecule has 0 fully saturated rings. The molecule has 1 nitrogen and oxygen atoms in total. The van der Waals surface area contributed by atoms with Gasteiger partial charge in [0.1, 0.15) is 0 Å². The molecular formula is C18H16ClN. The molecule has 0 unspecified atom stereocenters. The molecule has 0 saturated heterocycles. The molecule has 0 aliphatic heterocycles. The molecule has 0 aliphatic carbocycles. The summed E-state index contributed by atoms with van der Waals surface area (Å²) in [5.74, 6) is 0. The minimum absolute atomic E-state index is 0. The Morgan fingerprint density at radius 2 is 1.55 bits per heavy atom. The van der Waals surface area contributed by atoms with Crippen LogP contribution in [0.2, 0.25) is 0 Å². The second kappa shape index (κ2) is 6.36. The number of nitrogens with zero attached hydrogens (tertiary/aromatic N) is 1. The summed E-state index contributed by atoms with van der Waals surface area (Å²) >= 11 is 0. The van der Waals surface area contributed by atoms with E-state index in [1.54, 1.807) is 0 Å². The van der Waals surface area contributed by atoms with Crippen LogP contribution in [0.25, 0.3) is 17.1 Å². The Kier molecular flexibility index (Phi) is 4.54. The van der Waals surface area contributed by atoms with Crippen LogP contribution in [0, 0.1) is 0 Å². The van der Waals surface area contributed by atoms with Crippen molar-refractivity contribution in [3.05, 3.63) is 84.6 Å². The molecule has 1 aromatic heterocycles. The second-order valence-corrected chi connectivity index (χ2v) is 4.60. The average Bonchev–Trinajstić information content (AvgIpc) is 2.48. The van der Waals surface area contributed by atoms with Crippen LogP contribution in [0.15, 0.2) is 73.3 Å². The van der Waals surface area contributed by atoms with Gasteiger partial charge in [-0.3, -0.25) is 0 Å². The van der Waals surface area contributed by atoms with Crippen LogP contribution in [0.1, 0.15) is 11.3 Å². The minimum atomic E-state index is 0. The molecule has 0 aliphatic rings. The van der Waals surface area contributed by atoms with Gasteiger partial charge in [0.05, 0.1) is 6.42 Å². The van der Waals surface area contributed by atoms with Crippen LogP contribution in [0.3, 0.4) is 0 Å². The molecule has 2 aromatic carbocycles. The predicted molar refractivity (Wildman–Crippen MR) is 79.8 cm³/mol. The molecule has 0 bridgehead atoms. The number of aromatic nitrogens is 1. The average molecular weight is 282 g/mol. The van der Waals surface area contributed by atoms with Gasteiger partial charge in [0, 0.05) is 17.5 Å². The minimum Gasteiger partial charge on any atom is -1.00 e. The van der Waals surface area contributed by atoms with E-state index >= 15 is 0 Å². The van der Waals surface area contributed by atoms with Gasteiger partial charge in [-0.2, -0.15) is 4.57 Å². The molecule has 0 spiro atoms. The number of benzene rings is 2. The van der Waals surface area contributed by atoms with Crippen molar-refractivity contribution in [2.45, 2.75) is 6.42 Å². The lowest BCUT2D eigenvalue weighted by Gasteiger charge is -2.03. The van der Waals surface area contributed by atoms with E-state index in [-0.39, 0.29) is 12.4 Å². The van der Waals surface area contributed by atoms with Crippen molar-refractivity contribution in [3.8, 4) is 0 Å². The van der Waals surface area contributed by atoms with E-state index in [1.807, 2.05) is 12.3 Å². The van der Waals surface area contributed by atoms with Gasteiger partial charge in [-0.15, -0.1) is 0 Å². The quantitative estimate of drug-likeness (QED) is 0.626. The summed E-state index contributed by atoms with van der Waals surface area (Å²) in [4.78, 5) is 0. The third-order valence-electron chi connectivity index (χ3n) is 3.37. The number of fused-ring (bicyclic) bond motifs is 1. The molecule has 0 amide bonds. The van der Waals surface area contributed by atoms with E-state index in [4.69, 9.17) is 0 Å². The van der Waals surface area contributed by atoms with Crippen molar-refractivity contribution >= 4 is 17.1 Å². The van der Waals surface area contributed by atoms with E-state index < -0.39 is 0 Å². The molecule has 0 radical (unpaired) electrons. The monoisotopic (exact) mass is 281 g/mol. The molecule has 100 valence electrons. The van der Waals surface area contributed by atoms with Crippen LogP contribution in [-0.4, -0.2) is 0 Å². The molecular weight excluding hydrogens is 266 g/mol. The molecule has 1 heterocycles. The van der Waals surface area contributed by atoms with Crippen LogP contribution in [0.5, 0.6) is 0 Å². The highest BCUT2D eigenvalue weighted by atomic mass is 35.5. The van der Waals surface area contributed by atoms with Crippen molar-refractivity contribution in [2.75, 3.05) is 0 Å². The second-order valence-electron chi connectivity index (χ2n) is 4.60. The molecule has 3 aromatic rings. The zero-order valence-corrected chi connectivity index (χ0v) is 11.9. The molecule has 0 saturated carbocycles. The van der Waals surface area contributed by atoms with Crippen LogP contribution in [0.4, 0.5) is 0 Å². The highest BCUT2D eigenvalue weighted by molar-refractivity contribution is 5.75. The standard InChI is InChI=1S/C18H16N.ClH/c1-2-19-17(14-15-8-4-3-5-9-15)13-12-16-10-6-7-11-18(16)19;/h2-13H,1,14H2;1H/q+1;/p-1. The Balaban J connectivity index is 0.00000147. The highest BCUT2D eigenvalue weighted by Gasteiger charge is 2.13. The largest absolute Gasteiger partial charge is 1.00 e. The maximum absolute atomic E-state index is 3.95. The normalized spacial score (nSPS) is 10.0. The smallest absolute Gasteiger partial charge is 0.218 e. The van der Waals surface area contributed by atoms with Crippen molar-refractivity contribution in [1.82, 2.24) is 0 Å². The first-order chi connectivity index (χ1) is 9.38. The van der Waals surface area contributed by atoms with E-state index in [2.05, 4.69) is 71.8 Å². The summed E-state index contributed by atoms with van der Waals surface area (Å²) < 4.78 is 2.17. The summed E-state index contributed by atoms with van der Waals surface area (Å²) in [6.07, 6.45) is 2.80. The summed E-state index contributed by atoms with van der Waals surface area (Å²) in [6, 6.07) is 23.2. The molecule has 2 heteroatoms. The summed E-state index contributed by atoms with van der Waals surface area (Å²) in [6.45, 7) is 3.95. The lowest BCUT2D eigenvalue weighted by Crippen LogP contribution is -3.00. The fourth-order valence-corrected chi connectivity index (χ4v) is 2.43. The number of halogens is 1. The SMILES string of the molecule is C=C[n+]1c(Cc2ccccc2)ccc2ccccc21.[Cl-]. The Hall–Kier alpha value is -2.12. The molecule has 3 rings (SSSR count). The Morgan fingerprint density at radius 3 is 2.30 bits per heavy atom. The van der Waals surface area contributed by atoms with Crippen LogP contribution >= 0.6 is 0 Å². The number of para-hydroxylation sites is 1. The zero-order chi connectivity index (χ0) is 13.1. The van der Waals surface area contributed by atoms with Gasteiger partial charge in [0.2, 0.25) is 5.52 Å². The van der Waals surface area contributed by atoms with Crippen molar-refractivity contribution in [3.63, 3.8) is 0 Å². The molecule has 0 atom stereocenters. The third kappa shape index (κ3) is 2.73. The van der Waals surface area contributed by atoms with Gasteiger partial charge in [0.15, 0.2) is 11.9 Å². The van der Waals surface area contributed by atoms with Crippen molar-refractivity contribution in [2.24, 2.45) is 0 Å². The first kappa shape index (κ1) is 14.3. The van der Waals surface area contributed by atoms with Gasteiger partial charge in [-0.1, -0.05) is 42.5 Å². The van der Waals surface area contributed by atoms with E-state index in [1.165, 1.54) is 22.2 Å². The number of hydrogen-bond acceptors (Lipinski definition) is 0.